The molecule has 0 bridgehead atoms. The molecule has 0 aliphatic carbocycles. The molecule has 0 fully saturated rings. The predicted molar refractivity (Wildman–Crippen MR) is 102 cm³/mol. The summed E-state index contributed by atoms with van der Waals surface area (Å²) in [6.45, 7) is 6.00. The van der Waals surface area contributed by atoms with E-state index in [2.05, 4.69) is 5.32 Å². The van der Waals surface area contributed by atoms with E-state index in [-0.39, 0.29) is 18.9 Å². The van der Waals surface area contributed by atoms with E-state index in [1.807, 2.05) is 37.4 Å². The maximum atomic E-state index is 12.5. The first-order chi connectivity index (χ1) is 12.1. The van der Waals surface area contributed by atoms with E-state index in [1.165, 1.54) is 0 Å². The average Bonchev–Trinajstić information content (AvgIpc) is 2.61. The highest BCUT2D eigenvalue weighted by atomic mass is 32.2. The molecular weight excluding hydrogens is 338 g/mol. The number of carbonyl (C=O) groups is 2. The fraction of sp³-hybridized carbons (Fsp3) is 0.474. The third kappa shape index (κ3) is 6.46. The Hall–Kier alpha value is -1.95. The molecule has 0 aromatic heterocycles. The van der Waals surface area contributed by atoms with Gasteiger partial charge in [0.05, 0.1) is 24.5 Å². The first kappa shape index (κ1) is 21.1. The molecule has 0 aliphatic rings. The average molecular weight is 365 g/mol. The van der Waals surface area contributed by atoms with Gasteiger partial charge in [-0.1, -0.05) is 25.5 Å². The molecule has 1 rings (SSSR count). The molecule has 5 nitrogen and oxygen atoms in total. The lowest BCUT2D eigenvalue weighted by atomic mass is 10.1. The smallest absolute Gasteiger partial charge is 0.355 e. The van der Waals surface area contributed by atoms with Gasteiger partial charge in [0.2, 0.25) is 0 Å². The van der Waals surface area contributed by atoms with Gasteiger partial charge in [-0.05, 0) is 45.1 Å². The van der Waals surface area contributed by atoms with Crippen molar-refractivity contribution < 1.29 is 19.1 Å². The Kier molecular flexibility index (Phi) is 9.77. The summed E-state index contributed by atoms with van der Waals surface area (Å²) in [7, 11) is 0. The summed E-state index contributed by atoms with van der Waals surface area (Å²) in [6.07, 6.45) is 4.10. The number of thioether (sulfide) groups is 1. The van der Waals surface area contributed by atoms with Gasteiger partial charge < -0.3 is 14.8 Å². The van der Waals surface area contributed by atoms with Crippen molar-refractivity contribution in [2.24, 2.45) is 0 Å². The highest BCUT2D eigenvalue weighted by Gasteiger charge is 2.24. The lowest BCUT2D eigenvalue weighted by Crippen LogP contribution is -2.22. The Labute approximate surface area is 154 Å². The molecule has 0 saturated heterocycles. The van der Waals surface area contributed by atoms with Crippen LogP contribution >= 0.6 is 11.8 Å². The molecule has 1 N–H and O–H groups in total. The van der Waals surface area contributed by atoms with Crippen molar-refractivity contribution in [3.63, 3.8) is 0 Å². The van der Waals surface area contributed by atoms with E-state index in [0.717, 1.165) is 23.4 Å². The summed E-state index contributed by atoms with van der Waals surface area (Å²) in [5, 5.41) is 3.11. The van der Waals surface area contributed by atoms with Crippen molar-refractivity contribution in [1.29, 1.82) is 0 Å². The zero-order chi connectivity index (χ0) is 18.7. The minimum Gasteiger partial charge on any atom is -0.463 e. The second-order valence-electron chi connectivity index (χ2n) is 5.22. The number of unbranched alkanes of at least 4 members (excludes halogenated alkanes) is 1. The van der Waals surface area contributed by atoms with Gasteiger partial charge >= 0.3 is 11.9 Å². The molecule has 25 heavy (non-hydrogen) atoms. The quantitative estimate of drug-likeness (QED) is 0.377. The molecule has 0 atom stereocenters. The van der Waals surface area contributed by atoms with Crippen molar-refractivity contribution in [1.82, 2.24) is 0 Å². The predicted octanol–water partition coefficient (Wildman–Crippen LogP) is 4.39. The third-order valence-electron chi connectivity index (χ3n) is 3.45. The fourth-order valence-corrected chi connectivity index (χ4v) is 2.79. The second kappa shape index (κ2) is 11.6. The first-order valence-corrected chi connectivity index (χ1v) is 9.78. The van der Waals surface area contributed by atoms with Gasteiger partial charge in [0, 0.05) is 4.90 Å². The van der Waals surface area contributed by atoms with Crippen LogP contribution in [0.2, 0.25) is 0 Å². The minimum atomic E-state index is -0.544. The SMILES string of the molecule is CCCCC(C(=O)OCC)=C(Nc1ccccc1SC)C(=O)OCC. The van der Waals surface area contributed by atoms with Crippen LogP contribution in [-0.2, 0) is 19.1 Å². The Morgan fingerprint density at radius 3 is 2.28 bits per heavy atom. The number of anilines is 1. The molecule has 0 unspecified atom stereocenters. The lowest BCUT2D eigenvalue weighted by Gasteiger charge is -2.17. The minimum absolute atomic E-state index is 0.162. The molecule has 0 radical (unpaired) electrons. The van der Waals surface area contributed by atoms with Crippen LogP contribution in [0.4, 0.5) is 5.69 Å². The number of carbonyl (C=O) groups excluding carboxylic acids is 2. The molecule has 0 aliphatic heterocycles. The van der Waals surface area contributed by atoms with Gasteiger partial charge in [-0.2, -0.15) is 0 Å². The zero-order valence-corrected chi connectivity index (χ0v) is 16.2. The van der Waals surface area contributed by atoms with E-state index in [0.29, 0.717) is 12.0 Å². The molecule has 0 spiro atoms. The van der Waals surface area contributed by atoms with Gasteiger partial charge in [-0.15, -0.1) is 11.8 Å². The molecule has 0 amide bonds. The number of nitrogens with one attached hydrogen (secondary N) is 1. The molecule has 1 aromatic rings. The number of rotatable bonds is 10. The summed E-state index contributed by atoms with van der Waals surface area (Å²) in [5.41, 5.74) is 1.25. The summed E-state index contributed by atoms with van der Waals surface area (Å²) in [4.78, 5) is 25.9. The van der Waals surface area contributed by atoms with Gasteiger partial charge in [-0.25, -0.2) is 9.59 Å². The van der Waals surface area contributed by atoms with E-state index in [1.54, 1.807) is 25.6 Å². The largest absolute Gasteiger partial charge is 0.463 e. The first-order valence-electron chi connectivity index (χ1n) is 8.56. The number of hydrogen-bond acceptors (Lipinski definition) is 6. The highest BCUT2D eigenvalue weighted by molar-refractivity contribution is 7.98. The van der Waals surface area contributed by atoms with Gasteiger partial charge in [0.15, 0.2) is 0 Å². The van der Waals surface area contributed by atoms with Crippen molar-refractivity contribution in [2.75, 3.05) is 24.8 Å². The monoisotopic (exact) mass is 365 g/mol. The van der Waals surface area contributed by atoms with E-state index in [4.69, 9.17) is 9.47 Å². The summed E-state index contributed by atoms with van der Waals surface area (Å²) in [5.74, 6) is -1.02. The van der Waals surface area contributed by atoms with Crippen LogP contribution in [0.15, 0.2) is 40.4 Å². The van der Waals surface area contributed by atoms with Gasteiger partial charge in [0.1, 0.15) is 5.70 Å². The topological polar surface area (TPSA) is 64.6 Å². The maximum absolute atomic E-state index is 12.5. The number of esters is 2. The zero-order valence-electron chi connectivity index (χ0n) is 15.4. The fourth-order valence-electron chi connectivity index (χ4n) is 2.24. The van der Waals surface area contributed by atoms with Crippen molar-refractivity contribution in [2.45, 2.75) is 44.9 Å². The number of benzene rings is 1. The Morgan fingerprint density at radius 1 is 1.04 bits per heavy atom. The molecule has 1 aromatic carbocycles. The molecular formula is C19H27NO4S. The third-order valence-corrected chi connectivity index (χ3v) is 4.25. The Morgan fingerprint density at radius 2 is 1.68 bits per heavy atom. The lowest BCUT2D eigenvalue weighted by molar-refractivity contribution is -0.141. The molecule has 6 heteroatoms. The van der Waals surface area contributed by atoms with E-state index in [9.17, 15) is 9.59 Å². The molecule has 138 valence electrons. The Bertz CT molecular complexity index is 613. The van der Waals surface area contributed by atoms with Crippen molar-refractivity contribution in [3.8, 4) is 0 Å². The molecule has 0 saturated carbocycles. The van der Waals surface area contributed by atoms with E-state index >= 15 is 0 Å². The normalized spacial score (nSPS) is 11.5. The summed E-state index contributed by atoms with van der Waals surface area (Å²) < 4.78 is 10.3. The number of hydrogen-bond donors (Lipinski definition) is 1. The van der Waals surface area contributed by atoms with Crippen LogP contribution in [0.25, 0.3) is 0 Å². The van der Waals surface area contributed by atoms with Crippen LogP contribution in [0.5, 0.6) is 0 Å². The van der Waals surface area contributed by atoms with Crippen LogP contribution in [-0.4, -0.2) is 31.4 Å². The standard InChI is InChI=1S/C19H27NO4S/c1-5-8-11-14(18(21)23-6-2)17(19(22)24-7-3)20-15-12-9-10-13-16(15)25-4/h9-10,12-13,20H,5-8,11H2,1-4H3. The summed E-state index contributed by atoms with van der Waals surface area (Å²) >= 11 is 1.56. The molecule has 0 heterocycles. The maximum Gasteiger partial charge on any atom is 0.355 e. The van der Waals surface area contributed by atoms with Crippen LogP contribution in [0.3, 0.4) is 0 Å². The van der Waals surface area contributed by atoms with E-state index < -0.39 is 11.9 Å². The van der Waals surface area contributed by atoms with Crippen molar-refractivity contribution in [3.05, 3.63) is 35.5 Å². The highest BCUT2D eigenvalue weighted by Crippen LogP contribution is 2.27. The second-order valence-corrected chi connectivity index (χ2v) is 6.07. The van der Waals surface area contributed by atoms with Crippen LogP contribution < -0.4 is 5.32 Å². The van der Waals surface area contributed by atoms with Crippen LogP contribution in [0, 0.1) is 0 Å². The summed E-state index contributed by atoms with van der Waals surface area (Å²) in [6, 6.07) is 7.62. The van der Waals surface area contributed by atoms with Gasteiger partial charge in [-0.3, -0.25) is 0 Å². The number of ether oxygens (including phenoxy) is 2. The number of para-hydroxylation sites is 1. The van der Waals surface area contributed by atoms with Gasteiger partial charge in [0.25, 0.3) is 0 Å². The Balaban J connectivity index is 3.34. The van der Waals surface area contributed by atoms with Crippen molar-refractivity contribution >= 4 is 29.4 Å². The van der Waals surface area contributed by atoms with Crippen LogP contribution in [0.1, 0.15) is 40.0 Å².